The fraction of sp³-hybridized carbons (Fsp3) is 0.293. The predicted molar refractivity (Wildman–Crippen MR) is 220 cm³/mol. The number of nitrogens with zero attached hydrogens (tertiary/aromatic N) is 4. The maximum absolute atomic E-state index is 15.2. The molecule has 2 aromatic heterocycles. The second kappa shape index (κ2) is 12.9. The molecule has 9 rings (SSSR count). The molecule has 0 spiro atoms. The van der Waals surface area contributed by atoms with Gasteiger partial charge in [0.2, 0.25) is 23.6 Å². The van der Waals surface area contributed by atoms with Crippen molar-refractivity contribution in [1.29, 1.82) is 0 Å². The highest BCUT2D eigenvalue weighted by molar-refractivity contribution is 14.1. The van der Waals surface area contributed by atoms with Crippen LogP contribution in [-0.2, 0) is 26.2 Å². The Morgan fingerprint density at radius 2 is 1.71 bits per heavy atom. The Morgan fingerprint density at radius 3 is 2.44 bits per heavy atom. The molecule has 4 aliphatic rings. The van der Waals surface area contributed by atoms with E-state index < -0.39 is 46.8 Å². The standard InChI is InChI=1S/C41H33Cl2IN4O6S/c1-18-25-15-20(42)5-12-31(25)55-36(18)29-17-32(46(3)45-29)48-38(51)27-16-26-23(34(41(27,2)40(48)53)19-13-28(43)35(49)30(14-19)54-4)10-11-24-33(26)39(52)47(37(24)50)22-8-6-21(44)7-9-22/h5-10,12-15,17,24,26-27,33-34,49H,11,16H2,1-4H3/t24-,26+,27-,33-,34-,41+/m0/s1. The maximum atomic E-state index is 15.2. The molecule has 0 radical (unpaired) electrons. The van der Waals surface area contributed by atoms with Crippen LogP contribution in [0.1, 0.15) is 36.8 Å². The fourth-order valence-electron chi connectivity index (χ4n) is 9.59. The number of carbonyl (C=O) groups is 4. The lowest BCUT2D eigenvalue weighted by molar-refractivity contribution is -0.131. The zero-order valence-electron chi connectivity index (χ0n) is 30.0. The number of aromatic hydroxyl groups is 1. The minimum atomic E-state index is -1.34. The average Bonchev–Trinajstić information content (AvgIpc) is 3.83. The van der Waals surface area contributed by atoms with Crippen molar-refractivity contribution < 1.29 is 29.0 Å². The summed E-state index contributed by atoms with van der Waals surface area (Å²) < 4.78 is 9.07. The van der Waals surface area contributed by atoms with Crippen LogP contribution in [0.15, 0.2) is 72.3 Å². The summed E-state index contributed by atoms with van der Waals surface area (Å²) in [6.45, 7) is 3.80. The van der Waals surface area contributed by atoms with E-state index in [1.165, 1.54) is 16.9 Å². The largest absolute Gasteiger partial charge is 0.503 e. The lowest BCUT2D eigenvalue weighted by atomic mass is 9.51. The summed E-state index contributed by atoms with van der Waals surface area (Å²) in [6, 6.07) is 18.0. The summed E-state index contributed by atoms with van der Waals surface area (Å²) in [5, 5.41) is 17.2. The van der Waals surface area contributed by atoms with Crippen LogP contribution >= 0.6 is 57.1 Å². The van der Waals surface area contributed by atoms with Gasteiger partial charge in [0.05, 0.1) is 45.9 Å². The first-order chi connectivity index (χ1) is 26.2. The SMILES string of the molecule is COc1cc([C@H]2C3=CC[C@@H]4C(=O)N(c5ccc(I)cc5)C(=O)[C@@H]4[C@@H]3C[C@H]3C(=O)N(c4cc(-c5sc6ccc(Cl)cc6c5C)nn4C)C(=O)[C@@]23C)cc(Cl)c1O. The van der Waals surface area contributed by atoms with E-state index >= 15 is 4.79 Å². The number of ether oxygens (including phenoxy) is 1. The number of allylic oxidation sites excluding steroid dienone is 2. The highest BCUT2D eigenvalue weighted by Gasteiger charge is 2.68. The first kappa shape index (κ1) is 36.4. The molecule has 0 bridgehead atoms. The van der Waals surface area contributed by atoms with Crippen LogP contribution in [0.5, 0.6) is 11.5 Å². The number of phenolic OH excluding ortho intramolecular Hbond substituents is 1. The minimum absolute atomic E-state index is 0.0211. The number of imide groups is 2. The number of rotatable bonds is 5. The van der Waals surface area contributed by atoms with E-state index in [1.807, 2.05) is 43.3 Å². The highest BCUT2D eigenvalue weighted by Crippen LogP contribution is 2.64. The summed E-state index contributed by atoms with van der Waals surface area (Å²) in [6.07, 6.45) is 2.45. The molecule has 0 unspecified atom stereocenters. The van der Waals surface area contributed by atoms with Gasteiger partial charge < -0.3 is 9.84 Å². The van der Waals surface area contributed by atoms with Gasteiger partial charge in [-0.3, -0.25) is 28.8 Å². The number of benzene rings is 3. The zero-order valence-corrected chi connectivity index (χ0v) is 34.5. The van der Waals surface area contributed by atoms with Gasteiger partial charge in [-0.2, -0.15) is 5.10 Å². The lowest BCUT2D eigenvalue weighted by Gasteiger charge is -2.49. The van der Waals surface area contributed by atoms with Crippen LogP contribution < -0.4 is 14.5 Å². The van der Waals surface area contributed by atoms with Crippen molar-refractivity contribution in [2.75, 3.05) is 16.9 Å². The fourth-order valence-corrected chi connectivity index (χ4v) is 11.5. The Labute approximate surface area is 343 Å². The van der Waals surface area contributed by atoms with Crippen LogP contribution in [0.25, 0.3) is 20.7 Å². The molecule has 280 valence electrons. The number of aryl methyl sites for hydroxylation is 2. The van der Waals surface area contributed by atoms with Crippen molar-refractivity contribution in [1.82, 2.24) is 9.78 Å². The number of methoxy groups -OCH3 is 1. The molecule has 3 aromatic carbocycles. The zero-order chi connectivity index (χ0) is 38.8. The number of halogens is 3. The Hall–Kier alpha value is -4.24. The number of phenols is 1. The van der Waals surface area contributed by atoms with Crippen LogP contribution in [0.2, 0.25) is 10.0 Å². The van der Waals surface area contributed by atoms with Crippen LogP contribution in [0.3, 0.4) is 0 Å². The highest BCUT2D eigenvalue weighted by atomic mass is 127. The van der Waals surface area contributed by atoms with Crippen molar-refractivity contribution in [2.24, 2.45) is 36.1 Å². The topological polar surface area (TPSA) is 122 Å². The molecule has 14 heteroatoms. The molecular weight excluding hydrogens is 874 g/mol. The van der Waals surface area contributed by atoms with E-state index in [0.717, 1.165) is 29.7 Å². The first-order valence-electron chi connectivity index (χ1n) is 17.8. The van der Waals surface area contributed by atoms with Gasteiger partial charge in [-0.05, 0) is 126 Å². The normalized spacial score (nSPS) is 26.1. The monoisotopic (exact) mass is 906 g/mol. The lowest BCUT2D eigenvalue weighted by Crippen LogP contribution is -2.49. The summed E-state index contributed by atoms with van der Waals surface area (Å²) in [7, 11) is 3.12. The molecule has 3 fully saturated rings. The average molecular weight is 908 g/mol. The molecule has 2 saturated heterocycles. The molecule has 55 heavy (non-hydrogen) atoms. The second-order valence-electron chi connectivity index (χ2n) is 14.9. The number of anilines is 2. The number of amides is 4. The van der Waals surface area contributed by atoms with E-state index in [-0.39, 0.29) is 34.8 Å². The van der Waals surface area contributed by atoms with Crippen LogP contribution in [0.4, 0.5) is 11.5 Å². The summed E-state index contributed by atoms with van der Waals surface area (Å²) in [4.78, 5) is 62.0. The predicted octanol–water partition coefficient (Wildman–Crippen LogP) is 8.67. The van der Waals surface area contributed by atoms with Gasteiger partial charge in [-0.25, -0.2) is 4.90 Å². The van der Waals surface area contributed by atoms with Gasteiger partial charge in [0.1, 0.15) is 11.5 Å². The van der Waals surface area contributed by atoms with Gasteiger partial charge >= 0.3 is 0 Å². The molecule has 10 nitrogen and oxygen atoms in total. The summed E-state index contributed by atoms with van der Waals surface area (Å²) >= 11 is 16.7. The van der Waals surface area contributed by atoms with Gasteiger partial charge in [0.15, 0.2) is 11.5 Å². The molecule has 2 aliphatic heterocycles. The summed E-state index contributed by atoms with van der Waals surface area (Å²) in [5.74, 6) is -4.74. The third-order valence-corrected chi connectivity index (χ3v) is 14.7. The van der Waals surface area contributed by atoms with Gasteiger partial charge in [0, 0.05) is 32.3 Å². The van der Waals surface area contributed by atoms with E-state index in [0.29, 0.717) is 34.2 Å². The smallest absolute Gasteiger partial charge is 0.242 e. The van der Waals surface area contributed by atoms with Crippen molar-refractivity contribution in [3.63, 3.8) is 0 Å². The van der Waals surface area contributed by atoms with Crippen molar-refractivity contribution in [3.8, 4) is 22.1 Å². The number of hydrogen-bond donors (Lipinski definition) is 1. The molecular formula is C41H33Cl2IN4O6S. The van der Waals surface area contributed by atoms with Crippen molar-refractivity contribution in [3.05, 3.63) is 97.1 Å². The molecule has 2 aliphatic carbocycles. The third-order valence-electron chi connectivity index (χ3n) is 12.2. The number of aromatic nitrogens is 2. The minimum Gasteiger partial charge on any atom is -0.503 e. The van der Waals surface area contributed by atoms with Crippen LogP contribution in [0, 0.1) is 39.6 Å². The molecule has 1 saturated carbocycles. The van der Waals surface area contributed by atoms with Crippen molar-refractivity contribution >= 4 is 102 Å². The maximum Gasteiger partial charge on any atom is 0.242 e. The Morgan fingerprint density at radius 1 is 0.964 bits per heavy atom. The van der Waals surface area contributed by atoms with Gasteiger partial charge in [-0.1, -0.05) is 34.9 Å². The Bertz CT molecular complexity index is 2570. The molecule has 4 heterocycles. The van der Waals surface area contributed by atoms with Crippen LogP contribution in [-0.4, -0.2) is 45.6 Å². The van der Waals surface area contributed by atoms with Crippen molar-refractivity contribution in [2.45, 2.75) is 32.6 Å². The quantitative estimate of drug-likeness (QED) is 0.106. The van der Waals surface area contributed by atoms with E-state index in [1.54, 1.807) is 60.3 Å². The molecule has 5 aromatic rings. The molecule has 6 atom stereocenters. The van der Waals surface area contributed by atoms with E-state index in [4.69, 9.17) is 33.0 Å². The molecule has 1 N–H and O–H groups in total. The second-order valence-corrected chi connectivity index (χ2v) is 18.1. The van der Waals surface area contributed by atoms with E-state index in [9.17, 15) is 19.5 Å². The van der Waals surface area contributed by atoms with E-state index in [2.05, 4.69) is 22.6 Å². The Kier molecular flexibility index (Phi) is 8.54. The first-order valence-corrected chi connectivity index (χ1v) is 20.4. The number of carbonyl (C=O) groups excluding carboxylic acids is 4. The molecule has 4 amide bonds. The number of fused-ring (bicyclic) bond motifs is 5. The third kappa shape index (κ3) is 5.20. The van der Waals surface area contributed by atoms with Gasteiger partial charge in [0.25, 0.3) is 0 Å². The number of thiophene rings is 1. The number of hydrogen-bond acceptors (Lipinski definition) is 8. The van der Waals surface area contributed by atoms with Gasteiger partial charge in [-0.15, -0.1) is 11.3 Å². The Balaban J connectivity index is 1.17. The summed E-state index contributed by atoms with van der Waals surface area (Å²) in [5.41, 5.74) is 2.12.